The Labute approximate surface area is 154 Å². The van der Waals surface area contributed by atoms with Gasteiger partial charge in [-0.05, 0) is 57.2 Å². The lowest BCUT2D eigenvalue weighted by Crippen LogP contribution is -2.31. The molecule has 0 saturated carbocycles. The third-order valence-corrected chi connectivity index (χ3v) is 5.28. The zero-order chi connectivity index (χ0) is 19.2. The van der Waals surface area contributed by atoms with Gasteiger partial charge in [0.05, 0.1) is 22.8 Å². The summed E-state index contributed by atoms with van der Waals surface area (Å²) in [5, 5.41) is 0. The average molecular weight is 376 g/mol. The van der Waals surface area contributed by atoms with E-state index in [4.69, 9.17) is 4.74 Å². The number of ether oxygens (including phenoxy) is 1. The smallest absolute Gasteiger partial charge is 0.261 e. The number of carbonyl (C=O) groups excluding carboxylic acids is 1. The Hall–Kier alpha value is -2.54. The second-order valence-electron chi connectivity index (χ2n) is 5.53. The number of nitrogens with one attached hydrogen (secondary N) is 1. The molecule has 0 aliphatic heterocycles. The fourth-order valence-corrected chi connectivity index (χ4v) is 3.60. The summed E-state index contributed by atoms with van der Waals surface area (Å²) in [4.78, 5) is 14.4. The van der Waals surface area contributed by atoms with Crippen LogP contribution in [0.4, 0.5) is 5.69 Å². The van der Waals surface area contributed by atoms with Crippen LogP contribution in [0.15, 0.2) is 53.4 Å². The SMILES string of the molecule is CCOc1ccc(S(=O)(=O)Nc2ccccc2C(=O)N(CC)CC)cc1. The van der Waals surface area contributed by atoms with Crippen LogP contribution in [-0.2, 0) is 10.0 Å². The summed E-state index contributed by atoms with van der Waals surface area (Å²) in [6.45, 7) is 7.23. The molecule has 0 radical (unpaired) electrons. The highest BCUT2D eigenvalue weighted by atomic mass is 32.2. The molecule has 0 spiro atoms. The van der Waals surface area contributed by atoms with Crippen molar-refractivity contribution in [3.8, 4) is 5.75 Å². The molecule has 0 saturated heterocycles. The van der Waals surface area contributed by atoms with E-state index in [0.29, 0.717) is 31.0 Å². The van der Waals surface area contributed by atoms with E-state index in [1.165, 1.54) is 12.1 Å². The minimum Gasteiger partial charge on any atom is -0.494 e. The maximum atomic E-state index is 12.7. The summed E-state index contributed by atoms with van der Waals surface area (Å²) in [7, 11) is -3.82. The van der Waals surface area contributed by atoms with Gasteiger partial charge in [0.25, 0.3) is 15.9 Å². The summed E-state index contributed by atoms with van der Waals surface area (Å²) in [5.74, 6) is 0.392. The van der Waals surface area contributed by atoms with Crippen LogP contribution in [0.2, 0.25) is 0 Å². The molecule has 0 fully saturated rings. The van der Waals surface area contributed by atoms with Gasteiger partial charge in [0.2, 0.25) is 0 Å². The molecule has 0 atom stereocenters. The highest BCUT2D eigenvalue weighted by Crippen LogP contribution is 2.23. The van der Waals surface area contributed by atoms with Gasteiger partial charge in [-0.15, -0.1) is 0 Å². The molecular weight excluding hydrogens is 352 g/mol. The highest BCUT2D eigenvalue weighted by Gasteiger charge is 2.20. The van der Waals surface area contributed by atoms with Crippen LogP contribution in [-0.4, -0.2) is 38.9 Å². The summed E-state index contributed by atoms with van der Waals surface area (Å²) < 4.78 is 33.2. The Morgan fingerprint density at radius 1 is 1.00 bits per heavy atom. The number of carbonyl (C=O) groups is 1. The first-order chi connectivity index (χ1) is 12.4. The summed E-state index contributed by atoms with van der Waals surface area (Å²) in [6.07, 6.45) is 0. The number of rotatable bonds is 8. The van der Waals surface area contributed by atoms with E-state index in [9.17, 15) is 13.2 Å². The van der Waals surface area contributed by atoms with E-state index >= 15 is 0 Å². The van der Waals surface area contributed by atoms with Gasteiger partial charge in [-0.25, -0.2) is 8.42 Å². The number of amides is 1. The van der Waals surface area contributed by atoms with Gasteiger partial charge in [0.15, 0.2) is 0 Å². The quantitative estimate of drug-likeness (QED) is 0.766. The monoisotopic (exact) mass is 376 g/mol. The van der Waals surface area contributed by atoms with Crippen molar-refractivity contribution < 1.29 is 17.9 Å². The zero-order valence-corrected chi connectivity index (χ0v) is 16.0. The minimum absolute atomic E-state index is 0.103. The average Bonchev–Trinajstić information content (AvgIpc) is 2.63. The molecule has 2 rings (SSSR count). The first-order valence-corrected chi connectivity index (χ1v) is 10.0. The molecule has 2 aromatic carbocycles. The molecule has 6 nitrogen and oxygen atoms in total. The van der Waals surface area contributed by atoms with Crippen molar-refractivity contribution in [2.45, 2.75) is 25.7 Å². The molecule has 7 heteroatoms. The molecular formula is C19H24N2O4S. The van der Waals surface area contributed by atoms with Crippen molar-refractivity contribution in [2.24, 2.45) is 0 Å². The fraction of sp³-hybridized carbons (Fsp3) is 0.316. The zero-order valence-electron chi connectivity index (χ0n) is 15.2. The molecule has 0 bridgehead atoms. The Balaban J connectivity index is 2.31. The lowest BCUT2D eigenvalue weighted by Gasteiger charge is -2.20. The second-order valence-corrected chi connectivity index (χ2v) is 7.22. The first-order valence-electron chi connectivity index (χ1n) is 8.56. The van der Waals surface area contributed by atoms with Gasteiger partial charge in [0.1, 0.15) is 5.75 Å². The van der Waals surface area contributed by atoms with Crippen LogP contribution in [0.5, 0.6) is 5.75 Å². The van der Waals surface area contributed by atoms with Gasteiger partial charge in [-0.1, -0.05) is 12.1 Å². The molecule has 1 amide bonds. The number of anilines is 1. The van der Waals surface area contributed by atoms with E-state index in [0.717, 1.165) is 0 Å². The van der Waals surface area contributed by atoms with Gasteiger partial charge in [-0.3, -0.25) is 9.52 Å². The van der Waals surface area contributed by atoms with E-state index in [2.05, 4.69) is 4.72 Å². The standard InChI is InChI=1S/C19H24N2O4S/c1-4-21(5-2)19(22)17-9-7-8-10-18(17)20-26(23,24)16-13-11-15(12-14-16)25-6-3/h7-14,20H,4-6H2,1-3H3. The number of para-hydroxylation sites is 1. The number of benzene rings is 2. The van der Waals surface area contributed by atoms with Gasteiger partial charge in [-0.2, -0.15) is 0 Å². The normalized spacial score (nSPS) is 11.0. The van der Waals surface area contributed by atoms with Crippen LogP contribution in [0.25, 0.3) is 0 Å². The molecule has 0 unspecified atom stereocenters. The Bertz CT molecular complexity index is 844. The summed E-state index contributed by atoms with van der Waals surface area (Å²) in [6, 6.07) is 12.8. The van der Waals surface area contributed by atoms with E-state index < -0.39 is 10.0 Å². The van der Waals surface area contributed by atoms with Crippen molar-refractivity contribution in [2.75, 3.05) is 24.4 Å². The van der Waals surface area contributed by atoms with Gasteiger partial charge >= 0.3 is 0 Å². The van der Waals surface area contributed by atoms with Crippen LogP contribution >= 0.6 is 0 Å². The number of hydrogen-bond acceptors (Lipinski definition) is 4. The second kappa shape index (κ2) is 8.71. The molecule has 0 aliphatic rings. The van der Waals surface area contributed by atoms with Crippen LogP contribution in [0, 0.1) is 0 Å². The van der Waals surface area contributed by atoms with Crippen molar-refractivity contribution in [3.05, 3.63) is 54.1 Å². The third-order valence-electron chi connectivity index (χ3n) is 3.90. The predicted octanol–water partition coefficient (Wildman–Crippen LogP) is 3.37. The first kappa shape index (κ1) is 19.8. The molecule has 2 aromatic rings. The van der Waals surface area contributed by atoms with Crippen molar-refractivity contribution >= 4 is 21.6 Å². The Morgan fingerprint density at radius 3 is 2.19 bits per heavy atom. The molecule has 26 heavy (non-hydrogen) atoms. The fourth-order valence-electron chi connectivity index (χ4n) is 2.53. The maximum absolute atomic E-state index is 12.7. The maximum Gasteiger partial charge on any atom is 0.261 e. The van der Waals surface area contributed by atoms with E-state index in [1.54, 1.807) is 41.3 Å². The lowest BCUT2D eigenvalue weighted by atomic mass is 10.1. The predicted molar refractivity (Wildman–Crippen MR) is 102 cm³/mol. The lowest BCUT2D eigenvalue weighted by molar-refractivity contribution is 0.0774. The van der Waals surface area contributed by atoms with Crippen LogP contribution < -0.4 is 9.46 Å². The number of sulfonamides is 1. The minimum atomic E-state index is -3.82. The van der Waals surface area contributed by atoms with Crippen molar-refractivity contribution in [3.63, 3.8) is 0 Å². The number of nitrogens with zero attached hydrogens (tertiary/aromatic N) is 1. The summed E-state index contributed by atoms with van der Waals surface area (Å²) >= 11 is 0. The van der Waals surface area contributed by atoms with E-state index in [-0.39, 0.29) is 16.5 Å². The molecule has 140 valence electrons. The van der Waals surface area contributed by atoms with E-state index in [1.807, 2.05) is 20.8 Å². The Kier molecular flexibility index (Phi) is 6.63. The van der Waals surface area contributed by atoms with Crippen molar-refractivity contribution in [1.82, 2.24) is 4.90 Å². The van der Waals surface area contributed by atoms with Crippen LogP contribution in [0.1, 0.15) is 31.1 Å². The Morgan fingerprint density at radius 2 is 1.62 bits per heavy atom. The molecule has 0 heterocycles. The molecule has 0 aliphatic carbocycles. The van der Waals surface area contributed by atoms with Crippen molar-refractivity contribution in [1.29, 1.82) is 0 Å². The summed E-state index contributed by atoms with van der Waals surface area (Å²) in [5.41, 5.74) is 0.587. The van der Waals surface area contributed by atoms with Gasteiger partial charge in [0, 0.05) is 13.1 Å². The molecule has 1 N–H and O–H groups in total. The largest absolute Gasteiger partial charge is 0.494 e. The third kappa shape index (κ3) is 4.54. The molecule has 0 aromatic heterocycles. The van der Waals surface area contributed by atoms with Crippen LogP contribution in [0.3, 0.4) is 0 Å². The topological polar surface area (TPSA) is 75.7 Å². The van der Waals surface area contributed by atoms with Gasteiger partial charge < -0.3 is 9.64 Å². The highest BCUT2D eigenvalue weighted by molar-refractivity contribution is 7.92. The number of hydrogen-bond donors (Lipinski definition) is 1.